The number of hydrogen-bond acceptors (Lipinski definition) is 3. The Labute approximate surface area is 111 Å². The molecule has 0 atom stereocenters. The predicted molar refractivity (Wildman–Crippen MR) is 73.2 cm³/mol. The Kier molecular flexibility index (Phi) is 4.08. The summed E-state index contributed by atoms with van der Waals surface area (Å²) in [7, 11) is 0. The second-order valence-electron chi connectivity index (χ2n) is 4.01. The molecule has 0 spiro atoms. The third-order valence-electron chi connectivity index (χ3n) is 2.78. The molecule has 0 N–H and O–H groups in total. The van der Waals surface area contributed by atoms with Gasteiger partial charge in [-0.3, -0.25) is 4.79 Å². The van der Waals surface area contributed by atoms with Crippen LogP contribution in [0.25, 0.3) is 11.1 Å². The predicted octanol–water partition coefficient (Wildman–Crippen LogP) is 3.34. The van der Waals surface area contributed by atoms with Gasteiger partial charge in [-0.25, -0.2) is 4.79 Å². The van der Waals surface area contributed by atoms with Gasteiger partial charge in [0.15, 0.2) is 6.29 Å². The molecule has 2 rings (SSSR count). The Hall–Kier alpha value is -2.42. The third-order valence-corrected chi connectivity index (χ3v) is 2.78. The first kappa shape index (κ1) is 13.0. The molecule has 0 heterocycles. The van der Waals surface area contributed by atoms with E-state index in [2.05, 4.69) is 0 Å². The fraction of sp³-hybridized carbons (Fsp3) is 0.125. The van der Waals surface area contributed by atoms with Crippen LogP contribution in [0.1, 0.15) is 27.6 Å². The van der Waals surface area contributed by atoms with Crippen LogP contribution in [0.2, 0.25) is 0 Å². The molecule has 0 unspecified atom stereocenters. The number of esters is 1. The highest BCUT2D eigenvalue weighted by Gasteiger charge is 2.11. The van der Waals surface area contributed by atoms with Crippen molar-refractivity contribution in [1.82, 2.24) is 0 Å². The standard InChI is InChI=1S/C16H14O3/c1-2-19-16(18)13-8-9-14(11-17)15(10-13)12-6-4-3-5-7-12/h3-11H,2H2,1H3. The normalized spacial score (nSPS) is 9.95. The summed E-state index contributed by atoms with van der Waals surface area (Å²) in [5.41, 5.74) is 2.64. The minimum Gasteiger partial charge on any atom is -0.462 e. The molecule has 3 heteroatoms. The van der Waals surface area contributed by atoms with Gasteiger partial charge in [-0.1, -0.05) is 36.4 Å². The SMILES string of the molecule is CCOC(=O)c1ccc(C=O)c(-c2ccccc2)c1. The molecule has 0 fully saturated rings. The van der Waals surface area contributed by atoms with Crippen molar-refractivity contribution in [2.24, 2.45) is 0 Å². The first-order valence-corrected chi connectivity index (χ1v) is 6.08. The lowest BCUT2D eigenvalue weighted by atomic mass is 9.98. The van der Waals surface area contributed by atoms with Gasteiger partial charge in [0.25, 0.3) is 0 Å². The summed E-state index contributed by atoms with van der Waals surface area (Å²) >= 11 is 0. The maximum absolute atomic E-state index is 11.7. The molecule has 0 aromatic heterocycles. The lowest BCUT2D eigenvalue weighted by Crippen LogP contribution is -2.05. The maximum atomic E-state index is 11.7. The van der Waals surface area contributed by atoms with E-state index in [1.807, 2.05) is 30.3 Å². The summed E-state index contributed by atoms with van der Waals surface area (Å²) in [5, 5.41) is 0. The van der Waals surface area contributed by atoms with Crippen LogP contribution in [0.4, 0.5) is 0 Å². The van der Waals surface area contributed by atoms with Gasteiger partial charge in [-0.05, 0) is 30.2 Å². The molecule has 2 aromatic carbocycles. The molecule has 96 valence electrons. The highest BCUT2D eigenvalue weighted by molar-refractivity contribution is 5.95. The van der Waals surface area contributed by atoms with E-state index < -0.39 is 0 Å². The molecule has 3 nitrogen and oxygen atoms in total. The maximum Gasteiger partial charge on any atom is 0.338 e. The van der Waals surface area contributed by atoms with Gasteiger partial charge >= 0.3 is 5.97 Å². The van der Waals surface area contributed by atoms with Crippen LogP contribution in [0.15, 0.2) is 48.5 Å². The van der Waals surface area contributed by atoms with Crippen molar-refractivity contribution in [2.45, 2.75) is 6.92 Å². The van der Waals surface area contributed by atoms with Crippen LogP contribution in [-0.4, -0.2) is 18.9 Å². The minimum atomic E-state index is -0.378. The summed E-state index contributed by atoms with van der Waals surface area (Å²) in [6, 6.07) is 14.4. The van der Waals surface area contributed by atoms with Crippen LogP contribution < -0.4 is 0 Å². The number of rotatable bonds is 4. The average Bonchev–Trinajstić information content (AvgIpc) is 2.47. The number of hydrogen-bond donors (Lipinski definition) is 0. The van der Waals surface area contributed by atoms with E-state index in [0.717, 1.165) is 17.4 Å². The van der Waals surface area contributed by atoms with E-state index in [1.54, 1.807) is 25.1 Å². The fourth-order valence-corrected chi connectivity index (χ4v) is 1.87. The zero-order valence-corrected chi connectivity index (χ0v) is 10.6. The van der Waals surface area contributed by atoms with E-state index in [9.17, 15) is 9.59 Å². The summed E-state index contributed by atoms with van der Waals surface area (Å²) in [6.45, 7) is 2.09. The number of carbonyl (C=O) groups excluding carboxylic acids is 2. The second-order valence-corrected chi connectivity index (χ2v) is 4.01. The molecule has 0 saturated heterocycles. The lowest BCUT2D eigenvalue weighted by Gasteiger charge is -2.08. The molecule has 0 amide bonds. The molecule has 0 aliphatic heterocycles. The van der Waals surface area contributed by atoms with Crippen LogP contribution >= 0.6 is 0 Å². The molecule has 2 aromatic rings. The second kappa shape index (κ2) is 5.96. The monoisotopic (exact) mass is 254 g/mol. The van der Waals surface area contributed by atoms with Crippen LogP contribution in [-0.2, 0) is 4.74 Å². The van der Waals surface area contributed by atoms with Gasteiger partial charge < -0.3 is 4.74 Å². The average molecular weight is 254 g/mol. The first-order valence-electron chi connectivity index (χ1n) is 6.08. The summed E-state index contributed by atoms with van der Waals surface area (Å²) in [6.07, 6.45) is 0.789. The summed E-state index contributed by atoms with van der Waals surface area (Å²) in [5.74, 6) is -0.378. The molecule has 0 bridgehead atoms. The number of aldehydes is 1. The Morgan fingerprint density at radius 2 is 1.89 bits per heavy atom. The quantitative estimate of drug-likeness (QED) is 0.620. The highest BCUT2D eigenvalue weighted by Crippen LogP contribution is 2.24. The van der Waals surface area contributed by atoms with Crippen molar-refractivity contribution in [3.63, 3.8) is 0 Å². The molecule has 0 radical (unpaired) electrons. The van der Waals surface area contributed by atoms with Crippen molar-refractivity contribution in [3.8, 4) is 11.1 Å². The van der Waals surface area contributed by atoms with Gasteiger partial charge in [0, 0.05) is 5.56 Å². The van der Waals surface area contributed by atoms with E-state index in [4.69, 9.17) is 4.74 Å². The van der Waals surface area contributed by atoms with E-state index >= 15 is 0 Å². The highest BCUT2D eigenvalue weighted by atomic mass is 16.5. The molecular formula is C16H14O3. The Bertz CT molecular complexity index is 588. The van der Waals surface area contributed by atoms with Crippen molar-refractivity contribution < 1.29 is 14.3 Å². The van der Waals surface area contributed by atoms with Crippen LogP contribution in [0.5, 0.6) is 0 Å². The van der Waals surface area contributed by atoms with Gasteiger partial charge in [0.05, 0.1) is 12.2 Å². The smallest absolute Gasteiger partial charge is 0.338 e. The van der Waals surface area contributed by atoms with Gasteiger partial charge in [-0.2, -0.15) is 0 Å². The lowest BCUT2D eigenvalue weighted by molar-refractivity contribution is 0.0526. The van der Waals surface area contributed by atoms with Gasteiger partial charge in [0.2, 0.25) is 0 Å². The van der Waals surface area contributed by atoms with E-state index in [1.165, 1.54) is 0 Å². The molecule has 19 heavy (non-hydrogen) atoms. The Balaban J connectivity index is 2.49. The first-order chi connectivity index (χ1) is 9.26. The molecule has 0 saturated carbocycles. The van der Waals surface area contributed by atoms with Crippen molar-refractivity contribution >= 4 is 12.3 Å². The number of ether oxygens (including phenoxy) is 1. The van der Waals surface area contributed by atoms with Crippen molar-refractivity contribution in [2.75, 3.05) is 6.61 Å². The topological polar surface area (TPSA) is 43.4 Å². The van der Waals surface area contributed by atoms with Crippen LogP contribution in [0.3, 0.4) is 0 Å². The summed E-state index contributed by atoms with van der Waals surface area (Å²) in [4.78, 5) is 22.8. The third kappa shape index (κ3) is 2.88. The Morgan fingerprint density at radius 3 is 2.53 bits per heavy atom. The van der Waals surface area contributed by atoms with Crippen molar-refractivity contribution in [1.29, 1.82) is 0 Å². The minimum absolute atomic E-state index is 0.328. The fourth-order valence-electron chi connectivity index (χ4n) is 1.87. The van der Waals surface area contributed by atoms with Gasteiger partial charge in [0.1, 0.15) is 0 Å². The van der Waals surface area contributed by atoms with E-state index in [0.29, 0.717) is 17.7 Å². The number of benzene rings is 2. The van der Waals surface area contributed by atoms with E-state index in [-0.39, 0.29) is 5.97 Å². The largest absolute Gasteiger partial charge is 0.462 e. The molecule has 0 aliphatic carbocycles. The van der Waals surface area contributed by atoms with Crippen LogP contribution in [0, 0.1) is 0 Å². The van der Waals surface area contributed by atoms with Gasteiger partial charge in [-0.15, -0.1) is 0 Å². The van der Waals surface area contributed by atoms with Crippen molar-refractivity contribution in [3.05, 3.63) is 59.7 Å². The Morgan fingerprint density at radius 1 is 1.16 bits per heavy atom. The zero-order valence-electron chi connectivity index (χ0n) is 10.6. The molecular weight excluding hydrogens is 240 g/mol. The molecule has 0 aliphatic rings. The zero-order chi connectivity index (χ0) is 13.7. The summed E-state index contributed by atoms with van der Waals surface area (Å²) < 4.78 is 4.97. The number of carbonyl (C=O) groups is 2.